The van der Waals surface area contributed by atoms with Gasteiger partial charge in [0.05, 0.1) is 5.69 Å². The number of benzene rings is 1. The monoisotopic (exact) mass is 356 g/mol. The van der Waals surface area contributed by atoms with E-state index in [9.17, 15) is 4.39 Å². The molecular weight excluding hydrogens is 339 g/mol. The van der Waals surface area contributed by atoms with Gasteiger partial charge in [-0.3, -0.25) is 0 Å². The summed E-state index contributed by atoms with van der Waals surface area (Å²) in [4.78, 5) is 0. The molecule has 0 aromatic heterocycles. The van der Waals surface area contributed by atoms with E-state index in [0.717, 1.165) is 13.0 Å². The third-order valence-corrected chi connectivity index (χ3v) is 4.04. The Morgan fingerprint density at radius 3 is 2.90 bits per heavy atom. The predicted octanol–water partition coefficient (Wildman–Crippen LogP) is 4.77. The molecule has 0 bridgehead atoms. The Bertz CT molecular complexity index is 517. The van der Waals surface area contributed by atoms with Crippen LogP contribution in [0.15, 0.2) is 34.3 Å². The molecule has 2 rings (SSSR count). The number of hydrogen-bond donors (Lipinski definition) is 2. The SMILES string of the molecule is Fc1cc(Br)ccc1NC(=S)NCCC1=CCCCC1. The van der Waals surface area contributed by atoms with E-state index in [4.69, 9.17) is 12.2 Å². The quantitative estimate of drug-likeness (QED) is 0.600. The topological polar surface area (TPSA) is 24.1 Å². The molecule has 0 atom stereocenters. The normalized spacial score (nSPS) is 14.6. The number of halogens is 2. The summed E-state index contributed by atoms with van der Waals surface area (Å²) < 4.78 is 14.3. The average molecular weight is 357 g/mol. The van der Waals surface area contributed by atoms with E-state index >= 15 is 0 Å². The molecule has 0 saturated carbocycles. The standard InChI is InChI=1S/C15H18BrFN2S/c16-12-6-7-14(13(17)10-12)19-15(20)18-9-8-11-4-2-1-3-5-11/h4,6-7,10H,1-3,5,8-9H2,(H2,18,19,20). The molecule has 5 heteroatoms. The lowest BCUT2D eigenvalue weighted by molar-refractivity contribution is 0.631. The molecule has 0 radical (unpaired) electrons. The molecule has 0 unspecified atom stereocenters. The molecule has 1 aliphatic carbocycles. The molecule has 0 aliphatic heterocycles. The molecule has 2 nitrogen and oxygen atoms in total. The highest BCUT2D eigenvalue weighted by Gasteiger charge is 2.06. The molecule has 0 saturated heterocycles. The van der Waals surface area contributed by atoms with Gasteiger partial charge < -0.3 is 10.6 Å². The number of thiocarbonyl (C=S) groups is 1. The smallest absolute Gasteiger partial charge is 0.170 e. The van der Waals surface area contributed by atoms with Crippen molar-refractivity contribution in [3.8, 4) is 0 Å². The molecule has 1 aliphatic rings. The summed E-state index contributed by atoms with van der Waals surface area (Å²) in [5.74, 6) is -0.321. The summed E-state index contributed by atoms with van der Waals surface area (Å²) in [6.45, 7) is 0.788. The minimum absolute atomic E-state index is 0.321. The largest absolute Gasteiger partial charge is 0.362 e. The van der Waals surface area contributed by atoms with E-state index in [1.807, 2.05) is 0 Å². The Labute approximate surface area is 133 Å². The highest BCUT2D eigenvalue weighted by Crippen LogP contribution is 2.20. The zero-order valence-electron chi connectivity index (χ0n) is 11.2. The van der Waals surface area contributed by atoms with Crippen molar-refractivity contribution in [2.24, 2.45) is 0 Å². The fourth-order valence-electron chi connectivity index (χ4n) is 2.23. The van der Waals surface area contributed by atoms with Crippen LogP contribution in [0.25, 0.3) is 0 Å². The Balaban J connectivity index is 1.76. The number of nitrogens with one attached hydrogen (secondary N) is 2. The van der Waals surface area contributed by atoms with Gasteiger partial charge in [0.25, 0.3) is 0 Å². The first kappa shape index (κ1) is 15.4. The molecule has 0 fully saturated rings. The Kier molecular flexibility index (Phi) is 5.98. The van der Waals surface area contributed by atoms with E-state index in [-0.39, 0.29) is 5.82 Å². The summed E-state index contributed by atoms with van der Waals surface area (Å²) in [5, 5.41) is 6.46. The maximum Gasteiger partial charge on any atom is 0.170 e. The second-order valence-electron chi connectivity index (χ2n) is 4.86. The lowest BCUT2D eigenvalue weighted by Gasteiger charge is -2.14. The van der Waals surface area contributed by atoms with Crippen LogP contribution < -0.4 is 10.6 Å². The van der Waals surface area contributed by atoms with Crippen molar-refractivity contribution in [3.05, 3.63) is 40.1 Å². The Hall–Kier alpha value is -0.940. The predicted molar refractivity (Wildman–Crippen MR) is 89.5 cm³/mol. The van der Waals surface area contributed by atoms with Crippen LogP contribution >= 0.6 is 28.1 Å². The lowest BCUT2D eigenvalue weighted by Crippen LogP contribution is -2.29. The minimum atomic E-state index is -0.321. The summed E-state index contributed by atoms with van der Waals surface area (Å²) in [7, 11) is 0. The van der Waals surface area contributed by atoms with Gasteiger partial charge in [-0.25, -0.2) is 4.39 Å². The molecule has 0 spiro atoms. The number of allylic oxidation sites excluding steroid dienone is 1. The molecular formula is C15H18BrFN2S. The summed E-state index contributed by atoms with van der Waals surface area (Å²) >= 11 is 8.40. The van der Waals surface area contributed by atoms with Gasteiger partial charge in [-0.1, -0.05) is 27.6 Å². The maximum atomic E-state index is 13.6. The van der Waals surface area contributed by atoms with Crippen molar-refractivity contribution in [3.63, 3.8) is 0 Å². The van der Waals surface area contributed by atoms with Gasteiger partial charge in [0.1, 0.15) is 5.82 Å². The van der Waals surface area contributed by atoms with E-state index in [1.54, 1.807) is 12.1 Å². The third kappa shape index (κ3) is 4.87. The Morgan fingerprint density at radius 1 is 1.35 bits per heavy atom. The van der Waals surface area contributed by atoms with E-state index in [0.29, 0.717) is 15.3 Å². The van der Waals surface area contributed by atoms with E-state index < -0.39 is 0 Å². The van der Waals surface area contributed by atoms with E-state index in [1.165, 1.54) is 37.3 Å². The van der Waals surface area contributed by atoms with Gasteiger partial charge in [-0.2, -0.15) is 0 Å². The zero-order valence-corrected chi connectivity index (χ0v) is 13.6. The van der Waals surface area contributed by atoms with Crippen molar-refractivity contribution in [2.75, 3.05) is 11.9 Å². The van der Waals surface area contributed by atoms with Crippen molar-refractivity contribution >= 4 is 38.9 Å². The van der Waals surface area contributed by atoms with Crippen LogP contribution in [-0.4, -0.2) is 11.7 Å². The second kappa shape index (κ2) is 7.74. The minimum Gasteiger partial charge on any atom is -0.362 e. The van der Waals surface area contributed by atoms with Gasteiger partial charge in [0.15, 0.2) is 5.11 Å². The van der Waals surface area contributed by atoms with Crippen LogP contribution in [0.5, 0.6) is 0 Å². The van der Waals surface area contributed by atoms with Gasteiger partial charge in [0.2, 0.25) is 0 Å². The van der Waals surface area contributed by atoms with Crippen LogP contribution in [0.2, 0.25) is 0 Å². The molecule has 0 heterocycles. The van der Waals surface area contributed by atoms with Crippen molar-refractivity contribution in [1.82, 2.24) is 5.32 Å². The first-order valence-electron chi connectivity index (χ1n) is 6.83. The van der Waals surface area contributed by atoms with Gasteiger partial charge in [0, 0.05) is 11.0 Å². The van der Waals surface area contributed by atoms with Gasteiger partial charge in [-0.05, 0) is 62.5 Å². The molecule has 20 heavy (non-hydrogen) atoms. The number of hydrogen-bond acceptors (Lipinski definition) is 1. The third-order valence-electron chi connectivity index (χ3n) is 3.30. The molecule has 0 amide bonds. The fraction of sp³-hybridized carbons (Fsp3) is 0.400. The fourth-order valence-corrected chi connectivity index (χ4v) is 2.77. The molecule has 2 N–H and O–H groups in total. The van der Waals surface area contributed by atoms with Gasteiger partial charge in [-0.15, -0.1) is 0 Å². The summed E-state index contributed by atoms with van der Waals surface area (Å²) in [5.41, 5.74) is 1.89. The molecule has 108 valence electrons. The second-order valence-corrected chi connectivity index (χ2v) is 6.19. The first-order valence-corrected chi connectivity index (χ1v) is 8.03. The number of anilines is 1. The lowest BCUT2D eigenvalue weighted by atomic mass is 9.97. The maximum absolute atomic E-state index is 13.6. The highest BCUT2D eigenvalue weighted by molar-refractivity contribution is 9.10. The van der Waals surface area contributed by atoms with E-state index in [2.05, 4.69) is 32.6 Å². The van der Waals surface area contributed by atoms with Crippen LogP contribution in [0.3, 0.4) is 0 Å². The van der Waals surface area contributed by atoms with Gasteiger partial charge >= 0.3 is 0 Å². The average Bonchev–Trinajstić information content (AvgIpc) is 2.43. The van der Waals surface area contributed by atoms with Crippen molar-refractivity contribution in [2.45, 2.75) is 32.1 Å². The van der Waals surface area contributed by atoms with Crippen molar-refractivity contribution < 1.29 is 4.39 Å². The van der Waals surface area contributed by atoms with Crippen LogP contribution in [0.4, 0.5) is 10.1 Å². The summed E-state index contributed by atoms with van der Waals surface area (Å²) in [6, 6.07) is 4.86. The van der Waals surface area contributed by atoms with Crippen LogP contribution in [0, 0.1) is 5.82 Å². The van der Waals surface area contributed by atoms with Crippen molar-refractivity contribution in [1.29, 1.82) is 0 Å². The Morgan fingerprint density at radius 2 is 2.20 bits per heavy atom. The van der Waals surface area contributed by atoms with Crippen LogP contribution in [0.1, 0.15) is 32.1 Å². The van der Waals surface area contributed by atoms with Crippen LogP contribution in [-0.2, 0) is 0 Å². The number of rotatable bonds is 4. The molecule has 1 aromatic rings. The summed E-state index contributed by atoms with van der Waals surface area (Å²) in [6.07, 6.45) is 8.32. The molecule has 1 aromatic carbocycles. The first-order chi connectivity index (χ1) is 9.65. The highest BCUT2D eigenvalue weighted by atomic mass is 79.9. The zero-order chi connectivity index (χ0) is 14.4.